The number of nitrogens with one attached hydrogen (secondary N) is 1. The van der Waals surface area contributed by atoms with E-state index >= 15 is 0 Å². The average molecular weight is 233 g/mol. The second-order valence-corrected chi connectivity index (χ2v) is 4.93. The molecule has 0 spiro atoms. The van der Waals surface area contributed by atoms with E-state index in [1.165, 1.54) is 44.1 Å². The van der Waals surface area contributed by atoms with Crippen molar-refractivity contribution in [2.75, 3.05) is 0 Å². The van der Waals surface area contributed by atoms with E-state index in [-0.39, 0.29) is 0 Å². The highest BCUT2D eigenvalue weighted by Crippen LogP contribution is 2.17. The Balaban J connectivity index is 1.83. The van der Waals surface area contributed by atoms with Crippen LogP contribution in [0.25, 0.3) is 0 Å². The molecule has 3 nitrogen and oxygen atoms in total. The summed E-state index contributed by atoms with van der Waals surface area (Å²) in [4.78, 5) is 4.21. The van der Waals surface area contributed by atoms with Crippen LogP contribution in [0, 0.1) is 0 Å². The summed E-state index contributed by atoms with van der Waals surface area (Å²) in [7, 11) is 0. The predicted molar refractivity (Wildman–Crippen MR) is 70.5 cm³/mol. The van der Waals surface area contributed by atoms with Crippen LogP contribution >= 0.6 is 0 Å². The fourth-order valence-electron chi connectivity index (χ4n) is 2.50. The third-order valence-corrected chi connectivity index (χ3v) is 3.54. The van der Waals surface area contributed by atoms with Crippen LogP contribution < -0.4 is 11.1 Å². The molecule has 0 atom stereocenters. The molecule has 0 bridgehead atoms. The van der Waals surface area contributed by atoms with E-state index in [2.05, 4.69) is 22.4 Å². The minimum absolute atomic E-state index is 0.525. The van der Waals surface area contributed by atoms with Crippen LogP contribution in [0.5, 0.6) is 0 Å². The molecule has 3 N–H and O–H groups in total. The largest absolute Gasteiger partial charge is 0.325 e. The van der Waals surface area contributed by atoms with E-state index in [1.807, 2.05) is 6.20 Å². The van der Waals surface area contributed by atoms with E-state index in [1.54, 1.807) is 0 Å². The highest BCUT2D eigenvalue weighted by Gasteiger charge is 2.11. The van der Waals surface area contributed by atoms with Gasteiger partial charge in [0.05, 0.1) is 5.69 Å². The van der Waals surface area contributed by atoms with Crippen LogP contribution in [-0.2, 0) is 13.1 Å². The van der Waals surface area contributed by atoms with Gasteiger partial charge in [0.1, 0.15) is 0 Å². The summed E-state index contributed by atoms with van der Waals surface area (Å²) >= 11 is 0. The Hall–Kier alpha value is -0.930. The minimum Gasteiger partial charge on any atom is -0.325 e. The van der Waals surface area contributed by atoms with Crippen molar-refractivity contribution in [2.24, 2.45) is 5.73 Å². The molecule has 1 saturated carbocycles. The molecule has 1 aromatic rings. The first kappa shape index (κ1) is 12.5. The van der Waals surface area contributed by atoms with Crippen molar-refractivity contribution in [1.82, 2.24) is 10.3 Å². The van der Waals surface area contributed by atoms with E-state index in [0.717, 1.165) is 12.2 Å². The molecule has 17 heavy (non-hydrogen) atoms. The second-order valence-electron chi connectivity index (χ2n) is 4.93. The van der Waals surface area contributed by atoms with Crippen molar-refractivity contribution >= 4 is 0 Å². The number of nitrogens with two attached hydrogens (primary N) is 1. The lowest BCUT2D eigenvalue weighted by atomic mass is 10.1. The van der Waals surface area contributed by atoms with Crippen LogP contribution in [0.1, 0.15) is 49.8 Å². The molecule has 94 valence electrons. The van der Waals surface area contributed by atoms with Gasteiger partial charge in [-0.15, -0.1) is 0 Å². The molecule has 3 heteroatoms. The molecule has 1 fully saturated rings. The number of hydrogen-bond donors (Lipinski definition) is 2. The Morgan fingerprint density at radius 2 is 2.00 bits per heavy atom. The summed E-state index contributed by atoms with van der Waals surface area (Å²) in [6.07, 6.45) is 10.1. The molecule has 0 aliphatic heterocycles. The normalized spacial score (nSPS) is 17.9. The lowest BCUT2D eigenvalue weighted by Crippen LogP contribution is -2.27. The number of rotatable bonds is 4. The van der Waals surface area contributed by atoms with Crippen LogP contribution in [0.4, 0.5) is 0 Å². The summed E-state index contributed by atoms with van der Waals surface area (Å²) < 4.78 is 0. The lowest BCUT2D eigenvalue weighted by Gasteiger charge is -2.16. The summed E-state index contributed by atoms with van der Waals surface area (Å²) in [5, 5.41) is 3.66. The number of pyridine rings is 1. The molecular formula is C14H23N3. The molecule has 1 aliphatic carbocycles. The summed E-state index contributed by atoms with van der Waals surface area (Å²) in [5.41, 5.74) is 7.87. The maximum absolute atomic E-state index is 5.60. The zero-order valence-corrected chi connectivity index (χ0v) is 10.5. The molecule has 0 radical (unpaired) electrons. The van der Waals surface area contributed by atoms with Gasteiger partial charge in [-0.3, -0.25) is 4.98 Å². The Bertz CT molecular complexity index is 330. The highest BCUT2D eigenvalue weighted by molar-refractivity contribution is 5.16. The van der Waals surface area contributed by atoms with Crippen LogP contribution in [0.2, 0.25) is 0 Å². The van der Waals surface area contributed by atoms with Gasteiger partial charge in [0.15, 0.2) is 0 Å². The number of aromatic nitrogens is 1. The van der Waals surface area contributed by atoms with Crippen LogP contribution in [0.15, 0.2) is 18.3 Å². The smallest absolute Gasteiger partial charge is 0.0542 e. The van der Waals surface area contributed by atoms with Crippen molar-refractivity contribution in [3.05, 3.63) is 29.6 Å². The van der Waals surface area contributed by atoms with Crippen LogP contribution in [0.3, 0.4) is 0 Å². The molecule has 0 amide bonds. The monoisotopic (exact) mass is 233 g/mol. The maximum Gasteiger partial charge on any atom is 0.0542 e. The van der Waals surface area contributed by atoms with Crippen molar-refractivity contribution in [1.29, 1.82) is 0 Å². The summed E-state index contributed by atoms with van der Waals surface area (Å²) in [6.45, 7) is 1.47. The molecule has 1 aliphatic rings. The summed E-state index contributed by atoms with van der Waals surface area (Å²) in [6, 6.07) is 4.87. The lowest BCUT2D eigenvalue weighted by molar-refractivity contribution is 0.459. The van der Waals surface area contributed by atoms with Gasteiger partial charge < -0.3 is 11.1 Å². The Labute approximate surface area is 104 Å². The summed E-state index contributed by atoms with van der Waals surface area (Å²) in [5.74, 6) is 0. The molecule has 0 unspecified atom stereocenters. The fourth-order valence-corrected chi connectivity index (χ4v) is 2.50. The van der Waals surface area contributed by atoms with E-state index < -0.39 is 0 Å². The zero-order chi connectivity index (χ0) is 11.9. The van der Waals surface area contributed by atoms with Gasteiger partial charge in [0.25, 0.3) is 0 Å². The molecule has 1 aromatic heterocycles. The topological polar surface area (TPSA) is 50.9 Å². The SMILES string of the molecule is NCc1cc(CNC2CCCCCC2)ccn1. The average Bonchev–Trinajstić information content (AvgIpc) is 2.65. The predicted octanol–water partition coefficient (Wildman–Crippen LogP) is 2.35. The standard InChI is InChI=1S/C14H23N3/c15-10-14-9-12(7-8-16-14)11-17-13-5-3-1-2-4-6-13/h7-9,13,17H,1-6,10-11,15H2. The van der Waals surface area contributed by atoms with Gasteiger partial charge in [-0.05, 0) is 30.5 Å². The van der Waals surface area contributed by atoms with E-state index in [4.69, 9.17) is 5.73 Å². The Morgan fingerprint density at radius 3 is 2.71 bits per heavy atom. The highest BCUT2D eigenvalue weighted by atomic mass is 14.9. The fraction of sp³-hybridized carbons (Fsp3) is 0.643. The van der Waals surface area contributed by atoms with Gasteiger partial charge in [-0.2, -0.15) is 0 Å². The number of hydrogen-bond acceptors (Lipinski definition) is 3. The maximum atomic E-state index is 5.60. The first-order valence-corrected chi connectivity index (χ1v) is 6.76. The Kier molecular flexibility index (Phi) is 4.95. The van der Waals surface area contributed by atoms with Gasteiger partial charge in [0.2, 0.25) is 0 Å². The van der Waals surface area contributed by atoms with E-state index in [9.17, 15) is 0 Å². The third-order valence-electron chi connectivity index (χ3n) is 3.54. The van der Waals surface area contributed by atoms with E-state index in [0.29, 0.717) is 12.6 Å². The zero-order valence-electron chi connectivity index (χ0n) is 10.5. The van der Waals surface area contributed by atoms with Gasteiger partial charge in [-0.1, -0.05) is 25.7 Å². The molecular weight excluding hydrogens is 210 g/mol. The van der Waals surface area contributed by atoms with Gasteiger partial charge in [0, 0.05) is 25.3 Å². The molecule has 2 rings (SSSR count). The first-order chi connectivity index (χ1) is 8.38. The quantitative estimate of drug-likeness (QED) is 0.785. The second kappa shape index (κ2) is 6.72. The molecule has 1 heterocycles. The molecule has 0 saturated heterocycles. The van der Waals surface area contributed by atoms with Gasteiger partial charge in [-0.25, -0.2) is 0 Å². The van der Waals surface area contributed by atoms with Crippen molar-refractivity contribution in [2.45, 2.75) is 57.7 Å². The number of nitrogens with zero attached hydrogens (tertiary/aromatic N) is 1. The molecule has 0 aromatic carbocycles. The van der Waals surface area contributed by atoms with Crippen molar-refractivity contribution < 1.29 is 0 Å². The van der Waals surface area contributed by atoms with Crippen molar-refractivity contribution in [3.8, 4) is 0 Å². The third kappa shape index (κ3) is 4.10. The first-order valence-electron chi connectivity index (χ1n) is 6.76. The van der Waals surface area contributed by atoms with Crippen LogP contribution in [-0.4, -0.2) is 11.0 Å². The minimum atomic E-state index is 0.525. The van der Waals surface area contributed by atoms with Crippen molar-refractivity contribution in [3.63, 3.8) is 0 Å². The van der Waals surface area contributed by atoms with Gasteiger partial charge >= 0.3 is 0 Å². The Morgan fingerprint density at radius 1 is 1.24 bits per heavy atom.